The fourth-order valence-electron chi connectivity index (χ4n) is 2.39. The zero-order valence-electron chi connectivity index (χ0n) is 9.53. The van der Waals surface area contributed by atoms with Crippen LogP contribution in [0.2, 0.25) is 0 Å². The topological polar surface area (TPSA) is 26.0 Å². The Morgan fingerprint density at radius 2 is 1.54 bits per heavy atom. The second-order valence-corrected chi connectivity index (χ2v) is 5.31. The molecular formula is C12H25N. The standard InChI is InChI=1S/C12H25N/c1-4-11(2,3)12(13)9-7-5-6-8-10-12/h4-10,13H2,1-3H3. The predicted molar refractivity (Wildman–Crippen MR) is 58.7 cm³/mol. The maximum absolute atomic E-state index is 6.55. The molecule has 1 fully saturated rings. The zero-order valence-corrected chi connectivity index (χ0v) is 9.53. The molecule has 0 heterocycles. The van der Waals surface area contributed by atoms with Crippen LogP contribution >= 0.6 is 0 Å². The molecule has 1 saturated carbocycles. The normalized spacial score (nSPS) is 24.0. The van der Waals surface area contributed by atoms with Crippen molar-refractivity contribution < 1.29 is 0 Å². The van der Waals surface area contributed by atoms with Crippen LogP contribution < -0.4 is 5.73 Å². The van der Waals surface area contributed by atoms with Crippen molar-refractivity contribution in [2.75, 3.05) is 0 Å². The quantitative estimate of drug-likeness (QED) is 0.652. The molecule has 2 N–H and O–H groups in total. The van der Waals surface area contributed by atoms with E-state index in [0.717, 1.165) is 0 Å². The molecule has 13 heavy (non-hydrogen) atoms. The summed E-state index contributed by atoms with van der Waals surface area (Å²) in [6.07, 6.45) is 9.10. The van der Waals surface area contributed by atoms with E-state index in [9.17, 15) is 0 Å². The molecule has 0 unspecified atom stereocenters. The summed E-state index contributed by atoms with van der Waals surface area (Å²) in [5, 5.41) is 0. The minimum absolute atomic E-state index is 0.109. The van der Waals surface area contributed by atoms with Crippen LogP contribution in [0, 0.1) is 5.41 Å². The van der Waals surface area contributed by atoms with E-state index in [1.54, 1.807) is 0 Å². The highest BCUT2D eigenvalue weighted by molar-refractivity contribution is 4.97. The van der Waals surface area contributed by atoms with Gasteiger partial charge in [-0.25, -0.2) is 0 Å². The molecule has 0 amide bonds. The molecule has 1 heteroatoms. The van der Waals surface area contributed by atoms with Gasteiger partial charge in [0.05, 0.1) is 0 Å². The van der Waals surface area contributed by atoms with Crippen molar-refractivity contribution >= 4 is 0 Å². The highest BCUT2D eigenvalue weighted by atomic mass is 14.8. The van der Waals surface area contributed by atoms with Gasteiger partial charge in [-0.3, -0.25) is 0 Å². The summed E-state index contributed by atoms with van der Waals surface area (Å²) in [6, 6.07) is 0. The van der Waals surface area contributed by atoms with Crippen molar-refractivity contribution in [1.82, 2.24) is 0 Å². The Labute approximate surface area is 83.1 Å². The first-order valence-electron chi connectivity index (χ1n) is 5.81. The maximum Gasteiger partial charge on any atom is 0.0205 e. The van der Waals surface area contributed by atoms with E-state index in [1.165, 1.54) is 44.9 Å². The molecule has 0 aromatic heterocycles. The van der Waals surface area contributed by atoms with E-state index in [4.69, 9.17) is 5.73 Å². The number of hydrogen-bond acceptors (Lipinski definition) is 1. The van der Waals surface area contributed by atoms with Crippen LogP contribution in [0.5, 0.6) is 0 Å². The average molecular weight is 183 g/mol. The van der Waals surface area contributed by atoms with Crippen LogP contribution in [0.3, 0.4) is 0 Å². The van der Waals surface area contributed by atoms with Gasteiger partial charge in [0.2, 0.25) is 0 Å². The van der Waals surface area contributed by atoms with Gasteiger partial charge in [-0.1, -0.05) is 46.5 Å². The molecule has 0 aromatic rings. The molecule has 0 saturated heterocycles. The number of hydrogen-bond donors (Lipinski definition) is 1. The first-order chi connectivity index (χ1) is 6.02. The van der Waals surface area contributed by atoms with Crippen LogP contribution in [0.25, 0.3) is 0 Å². The van der Waals surface area contributed by atoms with Crippen molar-refractivity contribution in [3.05, 3.63) is 0 Å². The summed E-state index contributed by atoms with van der Waals surface area (Å²) in [6.45, 7) is 6.93. The molecule has 78 valence electrons. The van der Waals surface area contributed by atoms with Crippen LogP contribution in [-0.2, 0) is 0 Å². The molecule has 0 atom stereocenters. The highest BCUT2D eigenvalue weighted by Gasteiger charge is 2.39. The van der Waals surface area contributed by atoms with Crippen LogP contribution in [0.1, 0.15) is 65.7 Å². The zero-order chi connectivity index (χ0) is 9.95. The largest absolute Gasteiger partial charge is 0.325 e. The monoisotopic (exact) mass is 183 g/mol. The highest BCUT2D eigenvalue weighted by Crippen LogP contribution is 2.41. The Bertz CT molecular complexity index is 153. The molecule has 1 aliphatic rings. The van der Waals surface area contributed by atoms with Crippen LogP contribution in [0.4, 0.5) is 0 Å². The third-order valence-corrected chi connectivity index (χ3v) is 4.23. The van der Waals surface area contributed by atoms with Gasteiger partial charge in [0, 0.05) is 5.54 Å². The average Bonchev–Trinajstić information content (AvgIpc) is 2.31. The Balaban J connectivity index is 2.71. The van der Waals surface area contributed by atoms with Crippen molar-refractivity contribution in [2.24, 2.45) is 11.1 Å². The van der Waals surface area contributed by atoms with E-state index in [2.05, 4.69) is 20.8 Å². The van der Waals surface area contributed by atoms with Gasteiger partial charge in [0.15, 0.2) is 0 Å². The predicted octanol–water partition coefficient (Wildman–Crippen LogP) is 3.47. The molecular weight excluding hydrogens is 158 g/mol. The van der Waals surface area contributed by atoms with E-state index in [0.29, 0.717) is 5.41 Å². The molecule has 1 rings (SSSR count). The lowest BCUT2D eigenvalue weighted by Crippen LogP contribution is -2.52. The maximum atomic E-state index is 6.55. The summed E-state index contributed by atoms with van der Waals surface area (Å²) in [4.78, 5) is 0. The second kappa shape index (κ2) is 4.00. The van der Waals surface area contributed by atoms with Gasteiger partial charge in [-0.15, -0.1) is 0 Å². The lowest BCUT2D eigenvalue weighted by molar-refractivity contribution is 0.137. The summed E-state index contributed by atoms with van der Waals surface area (Å²) in [7, 11) is 0. The van der Waals surface area contributed by atoms with E-state index in [-0.39, 0.29) is 5.54 Å². The summed E-state index contributed by atoms with van der Waals surface area (Å²) >= 11 is 0. The van der Waals surface area contributed by atoms with Gasteiger partial charge in [0.1, 0.15) is 0 Å². The van der Waals surface area contributed by atoms with Gasteiger partial charge in [-0.05, 0) is 24.7 Å². The molecule has 1 nitrogen and oxygen atoms in total. The molecule has 0 spiro atoms. The Kier molecular flexibility index (Phi) is 3.39. The van der Waals surface area contributed by atoms with Crippen molar-refractivity contribution in [3.8, 4) is 0 Å². The van der Waals surface area contributed by atoms with Gasteiger partial charge in [0.25, 0.3) is 0 Å². The number of rotatable bonds is 2. The van der Waals surface area contributed by atoms with Gasteiger partial charge >= 0.3 is 0 Å². The van der Waals surface area contributed by atoms with Crippen LogP contribution in [0.15, 0.2) is 0 Å². The minimum atomic E-state index is 0.109. The fraction of sp³-hybridized carbons (Fsp3) is 1.00. The Hall–Kier alpha value is -0.0400. The lowest BCUT2D eigenvalue weighted by atomic mass is 9.67. The SMILES string of the molecule is CCC(C)(C)C1(N)CCCCCC1. The summed E-state index contributed by atoms with van der Waals surface area (Å²) in [5.74, 6) is 0. The van der Waals surface area contributed by atoms with Crippen molar-refractivity contribution in [3.63, 3.8) is 0 Å². The number of nitrogens with two attached hydrogens (primary N) is 1. The first kappa shape index (κ1) is 11.0. The van der Waals surface area contributed by atoms with Crippen molar-refractivity contribution in [1.29, 1.82) is 0 Å². The molecule has 0 aliphatic heterocycles. The third kappa shape index (κ3) is 2.25. The van der Waals surface area contributed by atoms with Gasteiger partial charge in [-0.2, -0.15) is 0 Å². The molecule has 0 aromatic carbocycles. The summed E-state index contributed by atoms with van der Waals surface area (Å²) < 4.78 is 0. The van der Waals surface area contributed by atoms with Crippen molar-refractivity contribution in [2.45, 2.75) is 71.3 Å². The molecule has 0 radical (unpaired) electrons. The van der Waals surface area contributed by atoms with Crippen LogP contribution in [-0.4, -0.2) is 5.54 Å². The third-order valence-electron chi connectivity index (χ3n) is 4.23. The van der Waals surface area contributed by atoms with E-state index < -0.39 is 0 Å². The molecule has 0 bridgehead atoms. The smallest absolute Gasteiger partial charge is 0.0205 e. The summed E-state index contributed by atoms with van der Waals surface area (Å²) in [5.41, 5.74) is 6.97. The minimum Gasteiger partial charge on any atom is -0.325 e. The second-order valence-electron chi connectivity index (χ2n) is 5.31. The molecule has 1 aliphatic carbocycles. The lowest BCUT2D eigenvalue weighted by Gasteiger charge is -2.43. The Morgan fingerprint density at radius 1 is 1.08 bits per heavy atom. The van der Waals surface area contributed by atoms with E-state index >= 15 is 0 Å². The fourth-order valence-corrected chi connectivity index (χ4v) is 2.39. The first-order valence-corrected chi connectivity index (χ1v) is 5.81. The Morgan fingerprint density at radius 3 is 1.92 bits per heavy atom. The van der Waals surface area contributed by atoms with E-state index in [1.807, 2.05) is 0 Å². The van der Waals surface area contributed by atoms with Gasteiger partial charge < -0.3 is 5.73 Å².